The van der Waals surface area contributed by atoms with Gasteiger partial charge in [-0.25, -0.2) is 0 Å². The molecule has 1 aromatic carbocycles. The second-order valence-electron chi connectivity index (χ2n) is 6.26. The largest absolute Gasteiger partial charge is 0.493 e. The van der Waals surface area contributed by atoms with E-state index in [9.17, 15) is 0 Å². The van der Waals surface area contributed by atoms with E-state index in [1.165, 1.54) is 11.1 Å². The molecule has 20 heavy (non-hydrogen) atoms. The Kier molecular flexibility index (Phi) is 4.01. The molecule has 0 aliphatic carbocycles. The lowest BCUT2D eigenvalue weighted by Gasteiger charge is -2.44. The number of fused-ring (bicyclic) bond motifs is 1. The molecule has 111 valence electrons. The highest BCUT2D eigenvalue weighted by Gasteiger charge is 2.41. The van der Waals surface area contributed by atoms with Gasteiger partial charge in [0.25, 0.3) is 0 Å². The summed E-state index contributed by atoms with van der Waals surface area (Å²) in [5, 5.41) is 0. The minimum atomic E-state index is -0.299. The van der Waals surface area contributed by atoms with E-state index in [0.717, 1.165) is 24.3 Å². The molecule has 1 radical (unpaired) electrons. The molecule has 0 fully saturated rings. The van der Waals surface area contributed by atoms with Crippen LogP contribution in [-0.2, 0) is 15.8 Å². The van der Waals surface area contributed by atoms with Crippen molar-refractivity contribution < 1.29 is 14.2 Å². The smallest absolute Gasteiger partial charge is 0.161 e. The molecule has 0 N–H and O–H groups in total. The minimum absolute atomic E-state index is 0.0322. The first-order chi connectivity index (χ1) is 9.38. The van der Waals surface area contributed by atoms with Crippen LogP contribution in [0, 0.1) is 6.92 Å². The van der Waals surface area contributed by atoms with Gasteiger partial charge in [0.1, 0.15) is 0 Å². The van der Waals surface area contributed by atoms with E-state index in [0.29, 0.717) is 6.61 Å². The maximum Gasteiger partial charge on any atom is 0.161 e. The van der Waals surface area contributed by atoms with Crippen molar-refractivity contribution in [3.05, 3.63) is 30.2 Å². The SMILES string of the molecule is [CH2]CCC1(C)OCC(C)(C)c2cc(OC)c(OC)cc21. The second-order valence-corrected chi connectivity index (χ2v) is 6.26. The Morgan fingerprint density at radius 3 is 2.15 bits per heavy atom. The maximum atomic E-state index is 6.18. The molecule has 1 aliphatic rings. The Hall–Kier alpha value is -1.22. The van der Waals surface area contributed by atoms with E-state index in [1.54, 1.807) is 14.2 Å². The van der Waals surface area contributed by atoms with Crippen LogP contribution < -0.4 is 9.47 Å². The fraction of sp³-hybridized carbons (Fsp3) is 0.588. The standard InChI is InChI=1S/C17H25O3/c1-7-8-17(4)13-10-15(19-6)14(18-5)9-12(13)16(2,3)11-20-17/h9-10H,1,7-8,11H2,2-6H3. The van der Waals surface area contributed by atoms with E-state index >= 15 is 0 Å². The predicted octanol–water partition coefficient (Wildman–Crippen LogP) is 3.84. The Labute approximate surface area is 122 Å². The number of rotatable bonds is 4. The Morgan fingerprint density at radius 2 is 1.65 bits per heavy atom. The molecule has 3 heteroatoms. The van der Waals surface area contributed by atoms with Gasteiger partial charge < -0.3 is 14.2 Å². The third-order valence-corrected chi connectivity index (χ3v) is 4.23. The van der Waals surface area contributed by atoms with Gasteiger partial charge in [-0.1, -0.05) is 27.2 Å². The van der Waals surface area contributed by atoms with Crippen molar-refractivity contribution in [3.63, 3.8) is 0 Å². The topological polar surface area (TPSA) is 27.7 Å². The van der Waals surface area contributed by atoms with Gasteiger partial charge in [-0.2, -0.15) is 0 Å². The zero-order valence-electron chi connectivity index (χ0n) is 13.2. The zero-order valence-corrected chi connectivity index (χ0v) is 13.2. The van der Waals surface area contributed by atoms with Gasteiger partial charge in [0, 0.05) is 5.41 Å². The van der Waals surface area contributed by atoms with Crippen LogP contribution >= 0.6 is 0 Å². The van der Waals surface area contributed by atoms with Gasteiger partial charge in [-0.15, -0.1) is 0 Å². The third kappa shape index (κ3) is 2.39. The summed E-state index contributed by atoms with van der Waals surface area (Å²) in [6.07, 6.45) is 1.73. The van der Waals surface area contributed by atoms with Crippen LogP contribution in [0.5, 0.6) is 11.5 Å². The van der Waals surface area contributed by atoms with Crippen molar-refractivity contribution in [2.24, 2.45) is 0 Å². The van der Waals surface area contributed by atoms with Crippen LogP contribution in [0.4, 0.5) is 0 Å². The molecule has 1 unspecified atom stereocenters. The van der Waals surface area contributed by atoms with Crippen molar-refractivity contribution in [1.82, 2.24) is 0 Å². The van der Waals surface area contributed by atoms with E-state index in [-0.39, 0.29) is 11.0 Å². The van der Waals surface area contributed by atoms with Crippen molar-refractivity contribution >= 4 is 0 Å². The summed E-state index contributed by atoms with van der Waals surface area (Å²) in [6, 6.07) is 4.16. The van der Waals surface area contributed by atoms with Crippen molar-refractivity contribution in [2.45, 2.75) is 44.6 Å². The first-order valence-electron chi connectivity index (χ1n) is 7.08. The van der Waals surface area contributed by atoms with Crippen molar-refractivity contribution in [3.8, 4) is 11.5 Å². The zero-order chi connectivity index (χ0) is 15.0. The van der Waals surface area contributed by atoms with Crippen LogP contribution in [0.25, 0.3) is 0 Å². The van der Waals surface area contributed by atoms with Gasteiger partial charge in [-0.05, 0) is 36.6 Å². The number of benzene rings is 1. The molecule has 2 rings (SSSR count). The Morgan fingerprint density at radius 1 is 1.10 bits per heavy atom. The quantitative estimate of drug-likeness (QED) is 0.837. The molecule has 0 aromatic heterocycles. The maximum absolute atomic E-state index is 6.18. The summed E-state index contributed by atoms with van der Waals surface area (Å²) < 4.78 is 17.1. The molecule has 0 spiro atoms. The van der Waals surface area contributed by atoms with Gasteiger partial charge in [0.2, 0.25) is 0 Å². The van der Waals surface area contributed by atoms with E-state index in [4.69, 9.17) is 14.2 Å². The van der Waals surface area contributed by atoms with E-state index in [1.807, 2.05) is 0 Å². The summed E-state index contributed by atoms with van der Waals surface area (Å²) in [7, 11) is 3.34. The van der Waals surface area contributed by atoms with Gasteiger partial charge in [0.15, 0.2) is 11.5 Å². The number of ether oxygens (including phenoxy) is 3. The fourth-order valence-electron chi connectivity index (χ4n) is 2.92. The molecule has 0 saturated carbocycles. The van der Waals surface area contributed by atoms with E-state index in [2.05, 4.69) is 39.8 Å². The fourth-order valence-corrected chi connectivity index (χ4v) is 2.92. The first-order valence-corrected chi connectivity index (χ1v) is 7.08. The van der Waals surface area contributed by atoms with Crippen LogP contribution in [0.3, 0.4) is 0 Å². The highest BCUT2D eigenvalue weighted by molar-refractivity contribution is 5.52. The lowest BCUT2D eigenvalue weighted by Crippen LogP contribution is -2.41. The van der Waals surface area contributed by atoms with Gasteiger partial charge in [0.05, 0.1) is 26.4 Å². The average Bonchev–Trinajstić information content (AvgIpc) is 2.43. The lowest BCUT2D eigenvalue weighted by atomic mass is 9.74. The Balaban J connectivity index is 2.64. The summed E-state index contributed by atoms with van der Waals surface area (Å²) in [5.74, 6) is 1.53. The summed E-state index contributed by atoms with van der Waals surface area (Å²) >= 11 is 0. The molecular formula is C17H25O3. The van der Waals surface area contributed by atoms with Gasteiger partial charge >= 0.3 is 0 Å². The molecule has 1 aromatic rings. The number of hydrogen-bond acceptors (Lipinski definition) is 3. The summed E-state index contributed by atoms with van der Waals surface area (Å²) in [5.41, 5.74) is 2.13. The van der Waals surface area contributed by atoms with Crippen molar-refractivity contribution in [1.29, 1.82) is 0 Å². The van der Waals surface area contributed by atoms with Crippen molar-refractivity contribution in [2.75, 3.05) is 20.8 Å². The normalized spacial score (nSPS) is 24.1. The van der Waals surface area contributed by atoms with Crippen LogP contribution in [-0.4, -0.2) is 20.8 Å². The molecule has 1 aliphatic heterocycles. The average molecular weight is 277 g/mol. The van der Waals surface area contributed by atoms with E-state index < -0.39 is 0 Å². The molecule has 1 heterocycles. The molecule has 3 nitrogen and oxygen atoms in total. The van der Waals surface area contributed by atoms with Gasteiger partial charge in [-0.3, -0.25) is 0 Å². The third-order valence-electron chi connectivity index (χ3n) is 4.23. The molecular weight excluding hydrogens is 252 g/mol. The molecule has 0 saturated heterocycles. The van der Waals surface area contributed by atoms with Crippen LogP contribution in [0.15, 0.2) is 12.1 Å². The first kappa shape index (κ1) is 15.2. The van der Waals surface area contributed by atoms with Crippen LogP contribution in [0.1, 0.15) is 44.7 Å². The highest BCUT2D eigenvalue weighted by Crippen LogP contribution is 2.47. The number of methoxy groups -OCH3 is 2. The molecule has 1 atom stereocenters. The highest BCUT2D eigenvalue weighted by atomic mass is 16.5. The second kappa shape index (κ2) is 5.28. The molecule has 0 amide bonds. The van der Waals surface area contributed by atoms with Crippen LogP contribution in [0.2, 0.25) is 0 Å². The number of hydrogen-bond donors (Lipinski definition) is 0. The minimum Gasteiger partial charge on any atom is -0.493 e. The summed E-state index contributed by atoms with van der Waals surface area (Å²) in [4.78, 5) is 0. The summed E-state index contributed by atoms with van der Waals surface area (Å²) in [6.45, 7) is 11.2. The monoisotopic (exact) mass is 277 g/mol. The predicted molar refractivity (Wildman–Crippen MR) is 80.5 cm³/mol. The Bertz CT molecular complexity index is 493. The lowest BCUT2D eigenvalue weighted by molar-refractivity contribution is -0.0766. The molecule has 0 bridgehead atoms.